The molecule has 0 spiro atoms. The van der Waals surface area contributed by atoms with Crippen molar-refractivity contribution in [1.82, 2.24) is 25.1 Å². The van der Waals surface area contributed by atoms with Crippen LogP contribution in [-0.4, -0.2) is 42.8 Å². The molecule has 2 saturated carbocycles. The Morgan fingerprint density at radius 3 is 2.88 bits per heavy atom. The lowest BCUT2D eigenvalue weighted by atomic mass is 10.2. The van der Waals surface area contributed by atoms with Gasteiger partial charge in [-0.3, -0.25) is 4.79 Å². The van der Waals surface area contributed by atoms with Crippen LogP contribution in [0.3, 0.4) is 0 Å². The summed E-state index contributed by atoms with van der Waals surface area (Å²) >= 11 is 4.94. The summed E-state index contributed by atoms with van der Waals surface area (Å²) < 4.78 is 2.90. The maximum absolute atomic E-state index is 12.7. The molecule has 0 saturated heterocycles. The Labute approximate surface area is 153 Å². The number of benzene rings is 1. The van der Waals surface area contributed by atoms with Crippen molar-refractivity contribution in [2.75, 3.05) is 5.75 Å². The Morgan fingerprint density at radius 1 is 1.33 bits per heavy atom. The second-order valence-corrected chi connectivity index (χ2v) is 8.17. The van der Waals surface area contributed by atoms with Crippen molar-refractivity contribution in [3.63, 3.8) is 0 Å². The Morgan fingerprint density at radius 2 is 2.17 bits per heavy atom. The summed E-state index contributed by atoms with van der Waals surface area (Å²) in [5, 5.41) is 12.6. The second-order valence-electron chi connectivity index (χ2n) is 6.31. The first kappa shape index (κ1) is 16.1. The van der Waals surface area contributed by atoms with Crippen LogP contribution in [0.4, 0.5) is 0 Å². The molecular formula is C16H18BrN5OS. The Hall–Kier alpha value is -1.41. The number of hydrogen-bond donors (Lipinski definition) is 0. The molecule has 8 heteroatoms. The smallest absolute Gasteiger partial charge is 0.233 e. The molecule has 1 aromatic heterocycles. The highest BCUT2D eigenvalue weighted by Crippen LogP contribution is 2.36. The van der Waals surface area contributed by atoms with E-state index in [-0.39, 0.29) is 5.91 Å². The molecule has 2 fully saturated rings. The Kier molecular flexibility index (Phi) is 4.58. The van der Waals surface area contributed by atoms with Gasteiger partial charge in [0.25, 0.3) is 0 Å². The van der Waals surface area contributed by atoms with E-state index >= 15 is 0 Å². The van der Waals surface area contributed by atoms with Gasteiger partial charge in [0.1, 0.15) is 0 Å². The van der Waals surface area contributed by atoms with Gasteiger partial charge in [-0.15, -0.1) is 5.10 Å². The van der Waals surface area contributed by atoms with Gasteiger partial charge in [-0.2, -0.15) is 0 Å². The van der Waals surface area contributed by atoms with E-state index in [4.69, 9.17) is 0 Å². The van der Waals surface area contributed by atoms with E-state index in [1.165, 1.54) is 11.8 Å². The number of aromatic nitrogens is 4. The van der Waals surface area contributed by atoms with E-state index in [0.29, 0.717) is 24.4 Å². The minimum Gasteiger partial charge on any atom is -0.335 e. The molecule has 6 nitrogen and oxygen atoms in total. The molecule has 1 amide bonds. The molecule has 0 radical (unpaired) electrons. The molecule has 1 aromatic carbocycles. The summed E-state index contributed by atoms with van der Waals surface area (Å²) in [7, 11) is 0. The molecule has 4 rings (SSSR count). The average Bonchev–Trinajstić information content (AvgIpc) is 3.49. The molecule has 24 heavy (non-hydrogen) atoms. The Balaban J connectivity index is 1.40. The molecular weight excluding hydrogens is 390 g/mol. The zero-order valence-electron chi connectivity index (χ0n) is 13.1. The van der Waals surface area contributed by atoms with Crippen molar-refractivity contribution in [2.24, 2.45) is 0 Å². The fourth-order valence-electron chi connectivity index (χ4n) is 2.68. The van der Waals surface area contributed by atoms with Gasteiger partial charge in [-0.05, 0) is 53.8 Å². The molecule has 2 aliphatic carbocycles. The van der Waals surface area contributed by atoms with Crippen molar-refractivity contribution in [3.8, 4) is 0 Å². The number of carbonyl (C=O) groups excluding carboxylic acids is 1. The van der Waals surface area contributed by atoms with Crippen molar-refractivity contribution in [1.29, 1.82) is 0 Å². The summed E-state index contributed by atoms with van der Waals surface area (Å²) in [6.07, 6.45) is 4.46. The minimum absolute atomic E-state index is 0.160. The molecule has 0 atom stereocenters. The van der Waals surface area contributed by atoms with Gasteiger partial charge in [0, 0.05) is 17.1 Å². The van der Waals surface area contributed by atoms with Gasteiger partial charge < -0.3 is 4.90 Å². The van der Waals surface area contributed by atoms with Gasteiger partial charge in [-0.1, -0.05) is 39.8 Å². The van der Waals surface area contributed by atoms with Gasteiger partial charge in [0.05, 0.1) is 11.8 Å². The van der Waals surface area contributed by atoms with E-state index in [9.17, 15) is 4.79 Å². The van der Waals surface area contributed by atoms with Crippen molar-refractivity contribution >= 4 is 33.6 Å². The third-order valence-electron chi connectivity index (χ3n) is 4.23. The van der Waals surface area contributed by atoms with Crippen LogP contribution in [-0.2, 0) is 11.3 Å². The van der Waals surface area contributed by atoms with E-state index in [1.807, 2.05) is 21.7 Å². The first-order valence-electron chi connectivity index (χ1n) is 8.15. The van der Waals surface area contributed by atoms with E-state index in [2.05, 4.69) is 43.6 Å². The lowest BCUT2D eigenvalue weighted by Crippen LogP contribution is -2.34. The Bertz CT molecular complexity index is 744. The summed E-state index contributed by atoms with van der Waals surface area (Å²) in [5.74, 6) is 0.547. The highest BCUT2D eigenvalue weighted by atomic mass is 79.9. The largest absolute Gasteiger partial charge is 0.335 e. The standard InChI is InChI=1S/C16H18BrN5OS/c17-12-3-1-2-11(8-12)9-21(13-4-5-13)15(23)10-24-16-18-19-20-22(16)14-6-7-14/h1-3,8,13-14H,4-7,9-10H2. The number of halogens is 1. The lowest BCUT2D eigenvalue weighted by molar-refractivity contribution is -0.129. The molecule has 126 valence electrons. The maximum atomic E-state index is 12.7. The van der Waals surface area contributed by atoms with Gasteiger partial charge >= 0.3 is 0 Å². The fraction of sp³-hybridized carbons (Fsp3) is 0.500. The first-order valence-corrected chi connectivity index (χ1v) is 9.93. The maximum Gasteiger partial charge on any atom is 0.233 e. The molecule has 0 aliphatic heterocycles. The number of amides is 1. The number of tetrazole rings is 1. The summed E-state index contributed by atoms with van der Waals surface area (Å²) in [6, 6.07) is 8.96. The zero-order valence-corrected chi connectivity index (χ0v) is 15.5. The molecule has 1 heterocycles. The van der Waals surface area contributed by atoms with Crippen LogP contribution in [0.15, 0.2) is 33.9 Å². The molecule has 0 unspecified atom stereocenters. The van der Waals surface area contributed by atoms with Crippen LogP contribution in [0, 0.1) is 0 Å². The summed E-state index contributed by atoms with van der Waals surface area (Å²) in [6.45, 7) is 0.664. The quantitative estimate of drug-likeness (QED) is 0.659. The second kappa shape index (κ2) is 6.84. The minimum atomic E-state index is 0.160. The number of rotatable bonds is 7. The van der Waals surface area contributed by atoms with Gasteiger partial charge in [0.15, 0.2) is 0 Å². The summed E-state index contributed by atoms with van der Waals surface area (Å²) in [5.41, 5.74) is 1.15. The van der Waals surface area contributed by atoms with Gasteiger partial charge in [0.2, 0.25) is 11.1 Å². The van der Waals surface area contributed by atoms with Crippen LogP contribution < -0.4 is 0 Å². The van der Waals surface area contributed by atoms with Crippen molar-refractivity contribution in [3.05, 3.63) is 34.3 Å². The molecule has 2 aromatic rings. The first-order chi connectivity index (χ1) is 11.7. The number of hydrogen-bond acceptors (Lipinski definition) is 5. The van der Waals surface area contributed by atoms with Crippen LogP contribution in [0.2, 0.25) is 0 Å². The topological polar surface area (TPSA) is 63.9 Å². The number of thioether (sulfide) groups is 1. The van der Waals surface area contributed by atoms with Crippen LogP contribution in [0.1, 0.15) is 37.3 Å². The highest BCUT2D eigenvalue weighted by molar-refractivity contribution is 9.10. The predicted molar refractivity (Wildman–Crippen MR) is 94.5 cm³/mol. The number of nitrogens with zero attached hydrogens (tertiary/aromatic N) is 5. The van der Waals surface area contributed by atoms with Crippen LogP contribution >= 0.6 is 27.7 Å². The molecule has 0 bridgehead atoms. The van der Waals surface area contributed by atoms with Crippen molar-refractivity contribution in [2.45, 2.75) is 49.5 Å². The normalized spacial score (nSPS) is 17.0. The van der Waals surface area contributed by atoms with Gasteiger partial charge in [-0.25, -0.2) is 4.68 Å². The molecule has 0 N–H and O–H groups in total. The predicted octanol–water partition coefficient (Wildman–Crippen LogP) is 3.05. The van der Waals surface area contributed by atoms with E-state index in [0.717, 1.165) is 40.9 Å². The SMILES string of the molecule is O=C(CSc1nnnn1C1CC1)N(Cc1cccc(Br)c1)C1CC1. The zero-order chi connectivity index (χ0) is 16.5. The monoisotopic (exact) mass is 407 g/mol. The third-order valence-corrected chi connectivity index (χ3v) is 5.64. The fourth-order valence-corrected chi connectivity index (χ4v) is 3.95. The highest BCUT2D eigenvalue weighted by Gasteiger charge is 2.33. The number of carbonyl (C=O) groups is 1. The van der Waals surface area contributed by atoms with Crippen LogP contribution in [0.25, 0.3) is 0 Å². The molecule has 2 aliphatic rings. The summed E-state index contributed by atoms with van der Waals surface area (Å²) in [4.78, 5) is 14.7. The van der Waals surface area contributed by atoms with E-state index < -0.39 is 0 Å². The van der Waals surface area contributed by atoms with Crippen molar-refractivity contribution < 1.29 is 4.79 Å². The van der Waals surface area contributed by atoms with Crippen LogP contribution in [0.5, 0.6) is 0 Å². The average molecular weight is 408 g/mol. The third kappa shape index (κ3) is 3.80. The lowest BCUT2D eigenvalue weighted by Gasteiger charge is -2.22. The van der Waals surface area contributed by atoms with E-state index in [1.54, 1.807) is 0 Å².